The van der Waals surface area contributed by atoms with Gasteiger partial charge in [-0.05, 0) is 25.1 Å². The van der Waals surface area contributed by atoms with E-state index in [1.807, 2.05) is 25.1 Å². The average molecular weight is 372 g/mol. The minimum Gasteiger partial charge on any atom is -0.496 e. The van der Waals surface area contributed by atoms with E-state index < -0.39 is 0 Å². The lowest BCUT2D eigenvalue weighted by molar-refractivity contribution is 0.314. The van der Waals surface area contributed by atoms with Crippen molar-refractivity contribution in [2.24, 2.45) is 0 Å². The Labute approximate surface area is 156 Å². The van der Waals surface area contributed by atoms with E-state index >= 15 is 0 Å². The largest absolute Gasteiger partial charge is 0.496 e. The molecule has 0 fully saturated rings. The molecule has 1 aromatic carbocycles. The molecule has 3 rings (SSSR count). The summed E-state index contributed by atoms with van der Waals surface area (Å²) in [4.78, 5) is 23.6. The minimum atomic E-state index is -0.321. The van der Waals surface area contributed by atoms with Crippen molar-refractivity contribution in [2.45, 2.75) is 26.9 Å². The van der Waals surface area contributed by atoms with Crippen LogP contribution >= 0.6 is 0 Å². The van der Waals surface area contributed by atoms with E-state index in [9.17, 15) is 4.79 Å². The van der Waals surface area contributed by atoms with Crippen LogP contribution in [0.4, 0.5) is 5.82 Å². The van der Waals surface area contributed by atoms with Gasteiger partial charge >= 0.3 is 11.7 Å². The molecule has 0 radical (unpaired) electrons. The van der Waals surface area contributed by atoms with Crippen LogP contribution in [-0.2, 0) is 13.1 Å². The Morgan fingerprint density at radius 1 is 1.30 bits per heavy atom. The lowest BCUT2D eigenvalue weighted by Crippen LogP contribution is -2.18. The van der Waals surface area contributed by atoms with Gasteiger partial charge in [0.2, 0.25) is 0 Å². The van der Waals surface area contributed by atoms with Gasteiger partial charge in [0, 0.05) is 12.1 Å². The number of anilines is 1. The molecule has 9 heteroatoms. The van der Waals surface area contributed by atoms with Gasteiger partial charge in [-0.25, -0.2) is 4.79 Å². The molecule has 0 unspecified atom stereocenters. The first-order valence-electron chi connectivity index (χ1n) is 8.82. The van der Waals surface area contributed by atoms with E-state index in [2.05, 4.69) is 27.2 Å². The van der Waals surface area contributed by atoms with Gasteiger partial charge in [0.15, 0.2) is 11.5 Å². The number of imidazole rings is 1. The number of rotatable bonds is 8. The first kappa shape index (κ1) is 18.7. The third kappa shape index (κ3) is 3.87. The Kier molecular flexibility index (Phi) is 5.60. The molecular formula is C18H24N6O3. The normalized spacial score (nSPS) is 11.1. The number of ether oxygens (including phenoxy) is 2. The number of nitrogens with zero attached hydrogens (tertiary/aromatic N) is 3. The Bertz CT molecular complexity index is 995. The molecule has 2 aromatic heterocycles. The molecule has 0 aliphatic carbocycles. The van der Waals surface area contributed by atoms with Gasteiger partial charge in [0.25, 0.3) is 0 Å². The predicted octanol–water partition coefficient (Wildman–Crippen LogP) is 1.27. The number of benzene rings is 1. The molecule has 144 valence electrons. The number of H-pyrrole nitrogens is 1. The summed E-state index contributed by atoms with van der Waals surface area (Å²) in [5.41, 5.74) is 8.37. The van der Waals surface area contributed by atoms with Gasteiger partial charge in [0.1, 0.15) is 11.3 Å². The minimum absolute atomic E-state index is 0.142. The van der Waals surface area contributed by atoms with Crippen LogP contribution in [0.5, 0.6) is 11.8 Å². The predicted molar refractivity (Wildman–Crippen MR) is 103 cm³/mol. The molecule has 0 aliphatic rings. The molecule has 0 aliphatic heterocycles. The van der Waals surface area contributed by atoms with E-state index in [-0.39, 0.29) is 24.1 Å². The Balaban J connectivity index is 2.01. The van der Waals surface area contributed by atoms with Crippen LogP contribution in [0.15, 0.2) is 23.0 Å². The summed E-state index contributed by atoms with van der Waals surface area (Å²) >= 11 is 0. The number of nitrogen functional groups attached to an aromatic ring is 1. The Morgan fingerprint density at radius 2 is 2.11 bits per heavy atom. The third-order valence-corrected chi connectivity index (χ3v) is 4.16. The van der Waals surface area contributed by atoms with Gasteiger partial charge in [-0.2, -0.15) is 9.97 Å². The molecule has 9 nitrogen and oxygen atoms in total. The zero-order chi connectivity index (χ0) is 19.4. The quantitative estimate of drug-likeness (QED) is 0.544. The van der Waals surface area contributed by atoms with Crippen LogP contribution in [0.3, 0.4) is 0 Å². The van der Waals surface area contributed by atoms with Crippen molar-refractivity contribution >= 4 is 17.0 Å². The van der Waals surface area contributed by atoms with E-state index in [1.54, 1.807) is 7.11 Å². The average Bonchev–Trinajstić information content (AvgIpc) is 2.97. The number of nitrogens with one attached hydrogen (secondary N) is 2. The van der Waals surface area contributed by atoms with Gasteiger partial charge in [0.05, 0.1) is 20.3 Å². The summed E-state index contributed by atoms with van der Waals surface area (Å²) in [5.74, 6) is 0.881. The fourth-order valence-corrected chi connectivity index (χ4v) is 2.84. The summed E-state index contributed by atoms with van der Waals surface area (Å²) in [5, 5.41) is 3.28. The fourth-order valence-electron chi connectivity index (χ4n) is 2.84. The molecule has 0 bridgehead atoms. The first-order chi connectivity index (χ1) is 13.1. The standard InChI is InChI=1S/C18H24N6O3/c1-4-20-9-11-6-7-12(13(8-11)26-3)10-24-16-14(21-18(24)25)15(19)22-17(23-16)27-5-2/h6-8,20H,4-5,9-10H2,1-3H3,(H,21,25)(H2,19,22,23). The Hall–Kier alpha value is -3.07. The fraction of sp³-hybridized carbons (Fsp3) is 0.389. The molecule has 3 aromatic rings. The summed E-state index contributed by atoms with van der Waals surface area (Å²) in [6, 6.07) is 6.07. The van der Waals surface area contributed by atoms with Crippen molar-refractivity contribution in [2.75, 3.05) is 26.0 Å². The van der Waals surface area contributed by atoms with Gasteiger partial charge < -0.3 is 25.5 Å². The van der Waals surface area contributed by atoms with Crippen LogP contribution in [0.25, 0.3) is 11.2 Å². The van der Waals surface area contributed by atoms with Gasteiger partial charge in [-0.15, -0.1) is 0 Å². The summed E-state index contributed by atoms with van der Waals surface area (Å²) < 4.78 is 12.4. The summed E-state index contributed by atoms with van der Waals surface area (Å²) in [6.45, 7) is 6.21. The smallest absolute Gasteiger partial charge is 0.328 e. The number of fused-ring (bicyclic) bond motifs is 1. The number of aromatic nitrogens is 4. The molecule has 0 saturated carbocycles. The zero-order valence-electron chi connectivity index (χ0n) is 15.7. The molecule has 27 heavy (non-hydrogen) atoms. The van der Waals surface area contributed by atoms with Crippen LogP contribution in [0.2, 0.25) is 0 Å². The van der Waals surface area contributed by atoms with Gasteiger partial charge in [-0.3, -0.25) is 4.57 Å². The topological polar surface area (TPSA) is 120 Å². The molecule has 0 amide bonds. The second-order valence-corrected chi connectivity index (χ2v) is 5.97. The SMILES string of the molecule is CCNCc1ccc(Cn2c(=O)[nH]c3c(N)nc(OCC)nc32)c(OC)c1. The van der Waals surface area contributed by atoms with Crippen molar-refractivity contribution in [1.82, 2.24) is 24.8 Å². The maximum atomic E-state index is 12.5. The van der Waals surface area contributed by atoms with Crippen molar-refractivity contribution < 1.29 is 9.47 Å². The maximum Gasteiger partial charge on any atom is 0.328 e. The maximum absolute atomic E-state index is 12.5. The van der Waals surface area contributed by atoms with E-state index in [0.717, 1.165) is 24.2 Å². The highest BCUT2D eigenvalue weighted by molar-refractivity contribution is 5.82. The molecule has 4 N–H and O–H groups in total. The highest BCUT2D eigenvalue weighted by atomic mass is 16.5. The highest BCUT2D eigenvalue weighted by Gasteiger charge is 2.16. The van der Waals surface area contributed by atoms with Crippen molar-refractivity contribution in [3.05, 3.63) is 39.8 Å². The van der Waals surface area contributed by atoms with Crippen molar-refractivity contribution in [3.8, 4) is 11.8 Å². The number of aromatic amines is 1. The van der Waals surface area contributed by atoms with Crippen molar-refractivity contribution in [3.63, 3.8) is 0 Å². The molecule has 2 heterocycles. The summed E-state index contributed by atoms with van der Waals surface area (Å²) in [6.07, 6.45) is 0. The lowest BCUT2D eigenvalue weighted by Gasteiger charge is -2.12. The zero-order valence-corrected chi connectivity index (χ0v) is 15.7. The number of methoxy groups -OCH3 is 1. The van der Waals surface area contributed by atoms with E-state index in [4.69, 9.17) is 15.2 Å². The van der Waals surface area contributed by atoms with Crippen LogP contribution in [0, 0.1) is 0 Å². The Morgan fingerprint density at radius 3 is 2.81 bits per heavy atom. The third-order valence-electron chi connectivity index (χ3n) is 4.16. The van der Waals surface area contributed by atoms with E-state index in [1.165, 1.54) is 4.57 Å². The highest BCUT2D eigenvalue weighted by Crippen LogP contribution is 2.23. The monoisotopic (exact) mass is 372 g/mol. The van der Waals surface area contributed by atoms with Crippen LogP contribution in [-0.4, -0.2) is 39.8 Å². The lowest BCUT2D eigenvalue weighted by atomic mass is 10.1. The van der Waals surface area contributed by atoms with E-state index in [0.29, 0.717) is 23.5 Å². The van der Waals surface area contributed by atoms with Crippen molar-refractivity contribution in [1.29, 1.82) is 0 Å². The second-order valence-electron chi connectivity index (χ2n) is 5.97. The van der Waals surface area contributed by atoms with Crippen LogP contribution in [0.1, 0.15) is 25.0 Å². The molecule has 0 atom stereocenters. The van der Waals surface area contributed by atoms with Gasteiger partial charge in [-0.1, -0.05) is 19.1 Å². The number of hydrogen-bond donors (Lipinski definition) is 3. The number of nitrogens with two attached hydrogens (primary N) is 1. The molecule has 0 spiro atoms. The first-order valence-corrected chi connectivity index (χ1v) is 8.82. The molecule has 0 saturated heterocycles. The number of hydrogen-bond acceptors (Lipinski definition) is 7. The second kappa shape index (κ2) is 8.09. The summed E-state index contributed by atoms with van der Waals surface area (Å²) in [7, 11) is 1.61. The molecular weight excluding hydrogens is 348 g/mol. The van der Waals surface area contributed by atoms with Crippen LogP contribution < -0.4 is 26.2 Å².